The first-order valence-corrected chi connectivity index (χ1v) is 7.83. The van der Waals surface area contributed by atoms with Crippen molar-refractivity contribution in [2.75, 3.05) is 19.8 Å². The molecule has 0 radical (unpaired) electrons. The van der Waals surface area contributed by atoms with Gasteiger partial charge >= 0.3 is 0 Å². The highest BCUT2D eigenvalue weighted by Crippen LogP contribution is 2.07. The van der Waals surface area contributed by atoms with Gasteiger partial charge in [0.2, 0.25) is 15.3 Å². The summed E-state index contributed by atoms with van der Waals surface area (Å²) in [6.45, 7) is 5.38. The molecule has 108 valence electrons. The Balaban J connectivity index is 2.33. The lowest BCUT2D eigenvalue weighted by atomic mass is 10.1. The van der Waals surface area contributed by atoms with Crippen molar-refractivity contribution in [2.45, 2.75) is 25.2 Å². The van der Waals surface area contributed by atoms with Gasteiger partial charge in [-0.25, -0.2) is 23.1 Å². The van der Waals surface area contributed by atoms with Crippen molar-refractivity contribution in [3.8, 4) is 0 Å². The summed E-state index contributed by atoms with van der Waals surface area (Å²) in [4.78, 5) is 7.24. The smallest absolute Gasteiger partial charge is 0.243 e. The average Bonchev–Trinajstić information content (AvgIpc) is 2.34. The highest BCUT2D eigenvalue weighted by atomic mass is 35.5. The van der Waals surface area contributed by atoms with Crippen LogP contribution >= 0.6 is 11.6 Å². The predicted molar refractivity (Wildman–Crippen MR) is 72.5 cm³/mol. The Morgan fingerprint density at radius 1 is 1.32 bits per heavy atom. The molecule has 0 amide bonds. The molecule has 0 atom stereocenters. The van der Waals surface area contributed by atoms with Crippen molar-refractivity contribution in [1.29, 1.82) is 0 Å². The Kier molecular flexibility index (Phi) is 6.64. The number of halogens is 1. The van der Waals surface area contributed by atoms with Crippen LogP contribution in [0.4, 0.5) is 0 Å². The lowest BCUT2D eigenvalue weighted by Gasteiger charge is -2.08. The van der Waals surface area contributed by atoms with E-state index >= 15 is 0 Å². The number of nitrogens with zero attached hydrogens (tertiary/aromatic N) is 2. The van der Waals surface area contributed by atoms with Crippen LogP contribution in [0, 0.1) is 5.92 Å². The number of hydrogen-bond donors (Lipinski definition) is 1. The number of sulfonamides is 1. The molecule has 1 aromatic heterocycles. The zero-order valence-electron chi connectivity index (χ0n) is 11.0. The number of nitrogens with one attached hydrogen (secondary N) is 1. The van der Waals surface area contributed by atoms with Gasteiger partial charge in [0.1, 0.15) is 4.90 Å². The summed E-state index contributed by atoms with van der Waals surface area (Å²) in [5.74, 6) is 0.572. The SMILES string of the molecule is CC(C)CCOCCNS(=O)(=O)c1cnc(Cl)nc1. The standard InChI is InChI=1S/C11H18ClN3O3S/c1-9(2)3-5-18-6-4-15-19(16,17)10-7-13-11(12)14-8-10/h7-9,15H,3-6H2,1-2H3. The van der Waals surface area contributed by atoms with Crippen LogP contribution in [0.25, 0.3) is 0 Å². The Labute approximate surface area is 118 Å². The third kappa shape index (κ3) is 6.29. The molecule has 0 fully saturated rings. The van der Waals surface area contributed by atoms with Gasteiger partial charge in [-0.05, 0) is 23.9 Å². The molecule has 1 N–H and O–H groups in total. The van der Waals surface area contributed by atoms with Crippen molar-refractivity contribution in [3.05, 3.63) is 17.7 Å². The fourth-order valence-electron chi connectivity index (χ4n) is 1.19. The fourth-order valence-corrected chi connectivity index (χ4v) is 2.19. The van der Waals surface area contributed by atoms with Gasteiger partial charge in [0.15, 0.2) is 0 Å². The number of hydrogen-bond acceptors (Lipinski definition) is 5. The molecule has 1 rings (SSSR count). The van der Waals surface area contributed by atoms with E-state index < -0.39 is 10.0 Å². The monoisotopic (exact) mass is 307 g/mol. The maximum absolute atomic E-state index is 11.8. The maximum atomic E-state index is 11.8. The lowest BCUT2D eigenvalue weighted by Crippen LogP contribution is -2.27. The van der Waals surface area contributed by atoms with Crippen molar-refractivity contribution in [3.63, 3.8) is 0 Å². The molecule has 19 heavy (non-hydrogen) atoms. The first kappa shape index (κ1) is 16.3. The van der Waals surface area contributed by atoms with E-state index in [1.807, 2.05) is 0 Å². The first-order valence-electron chi connectivity index (χ1n) is 5.97. The van der Waals surface area contributed by atoms with Crippen LogP contribution in [0.2, 0.25) is 5.28 Å². The van der Waals surface area contributed by atoms with Crippen LogP contribution in [0.3, 0.4) is 0 Å². The number of rotatable bonds is 8. The van der Waals surface area contributed by atoms with E-state index in [1.54, 1.807) is 0 Å². The van der Waals surface area contributed by atoms with E-state index in [0.29, 0.717) is 19.1 Å². The first-order chi connectivity index (χ1) is 8.92. The predicted octanol–water partition coefficient (Wildman–Crippen LogP) is 1.47. The van der Waals surface area contributed by atoms with E-state index in [1.165, 1.54) is 0 Å². The van der Waals surface area contributed by atoms with Gasteiger partial charge in [0.25, 0.3) is 0 Å². The summed E-state index contributed by atoms with van der Waals surface area (Å²) in [7, 11) is -3.59. The molecule has 0 aliphatic heterocycles. The van der Waals surface area contributed by atoms with Gasteiger partial charge in [0.05, 0.1) is 19.0 Å². The Morgan fingerprint density at radius 3 is 2.53 bits per heavy atom. The highest BCUT2D eigenvalue weighted by molar-refractivity contribution is 7.89. The van der Waals surface area contributed by atoms with Crippen molar-refractivity contribution >= 4 is 21.6 Å². The van der Waals surface area contributed by atoms with E-state index in [2.05, 4.69) is 28.5 Å². The number of aromatic nitrogens is 2. The summed E-state index contributed by atoms with van der Waals surface area (Å²) in [6, 6.07) is 0. The minimum absolute atomic E-state index is 0.0102. The quantitative estimate of drug-likeness (QED) is 0.581. The van der Waals surface area contributed by atoms with Gasteiger partial charge in [-0.3, -0.25) is 0 Å². The Morgan fingerprint density at radius 2 is 1.95 bits per heavy atom. The van der Waals surface area contributed by atoms with Gasteiger partial charge < -0.3 is 4.74 Å². The van der Waals surface area contributed by atoms with Crippen LogP contribution in [0.1, 0.15) is 20.3 Å². The van der Waals surface area contributed by atoms with Crippen LogP contribution in [-0.4, -0.2) is 38.1 Å². The van der Waals surface area contributed by atoms with E-state index in [4.69, 9.17) is 16.3 Å². The summed E-state index contributed by atoms with van der Waals surface area (Å²) < 4.78 is 31.3. The van der Waals surface area contributed by atoms with Gasteiger partial charge in [0, 0.05) is 13.2 Å². The molecular formula is C11H18ClN3O3S. The van der Waals surface area contributed by atoms with Crippen molar-refractivity contribution in [2.24, 2.45) is 5.92 Å². The third-order valence-electron chi connectivity index (χ3n) is 2.28. The highest BCUT2D eigenvalue weighted by Gasteiger charge is 2.14. The zero-order valence-corrected chi connectivity index (χ0v) is 12.5. The third-order valence-corrected chi connectivity index (χ3v) is 3.90. The average molecular weight is 308 g/mol. The summed E-state index contributed by atoms with van der Waals surface area (Å²) >= 11 is 5.49. The molecule has 0 spiro atoms. The normalized spacial score (nSPS) is 12.0. The molecule has 0 unspecified atom stereocenters. The number of ether oxygens (including phenoxy) is 1. The molecule has 0 aliphatic rings. The second kappa shape index (κ2) is 7.74. The van der Waals surface area contributed by atoms with Crippen molar-refractivity contribution < 1.29 is 13.2 Å². The second-order valence-corrected chi connectivity index (χ2v) is 6.49. The van der Waals surface area contributed by atoms with Crippen LogP contribution in [0.5, 0.6) is 0 Å². The summed E-state index contributed by atoms with van der Waals surface area (Å²) in [6.07, 6.45) is 3.28. The molecule has 1 heterocycles. The molecule has 6 nitrogen and oxygen atoms in total. The molecule has 8 heteroatoms. The molecule has 1 aromatic rings. The van der Waals surface area contributed by atoms with Crippen LogP contribution in [0.15, 0.2) is 17.3 Å². The Hall–Kier alpha value is -0.760. The lowest BCUT2D eigenvalue weighted by molar-refractivity contribution is 0.128. The van der Waals surface area contributed by atoms with Gasteiger partial charge in [-0.1, -0.05) is 13.8 Å². The minimum atomic E-state index is -3.59. The van der Waals surface area contributed by atoms with Gasteiger partial charge in [-0.2, -0.15) is 0 Å². The summed E-state index contributed by atoms with van der Waals surface area (Å²) in [5, 5.41) is 0.0102. The molecule has 0 bridgehead atoms. The van der Waals surface area contributed by atoms with E-state index in [9.17, 15) is 8.42 Å². The molecule has 0 saturated carbocycles. The topological polar surface area (TPSA) is 81.2 Å². The van der Waals surface area contributed by atoms with Crippen molar-refractivity contribution in [1.82, 2.24) is 14.7 Å². The zero-order chi connectivity index (χ0) is 14.3. The molecule has 0 aliphatic carbocycles. The van der Waals surface area contributed by atoms with Gasteiger partial charge in [-0.15, -0.1) is 0 Å². The maximum Gasteiger partial charge on any atom is 0.243 e. The molecular weight excluding hydrogens is 290 g/mol. The summed E-state index contributed by atoms with van der Waals surface area (Å²) in [5.41, 5.74) is 0. The van der Waals surface area contributed by atoms with E-state index in [-0.39, 0.29) is 16.7 Å². The van der Waals surface area contributed by atoms with E-state index in [0.717, 1.165) is 18.8 Å². The minimum Gasteiger partial charge on any atom is -0.380 e. The molecule has 0 aromatic carbocycles. The second-order valence-electron chi connectivity index (χ2n) is 4.38. The van der Waals surface area contributed by atoms with Crippen LogP contribution in [-0.2, 0) is 14.8 Å². The largest absolute Gasteiger partial charge is 0.380 e. The molecule has 0 saturated heterocycles. The van der Waals surface area contributed by atoms with Crippen LogP contribution < -0.4 is 4.72 Å². The fraction of sp³-hybridized carbons (Fsp3) is 0.636. The Bertz CT molecular complexity index is 476.